The Morgan fingerprint density at radius 1 is 0.781 bits per heavy atom. The fourth-order valence-corrected chi connectivity index (χ4v) is 4.22. The molecular weight excluding hydrogens is 422 g/mol. The normalized spacial score (nSPS) is 11.2. The molecule has 1 N–H and O–H groups in total. The fraction of sp³-hybridized carbons (Fsp3) is 0.120. The number of sulfonamides is 1. The zero-order valence-electron chi connectivity index (χ0n) is 17.6. The number of benzene rings is 3. The van der Waals surface area contributed by atoms with E-state index in [0.717, 1.165) is 23.1 Å². The summed E-state index contributed by atoms with van der Waals surface area (Å²) >= 11 is 0. The van der Waals surface area contributed by atoms with Gasteiger partial charge in [0, 0.05) is 17.3 Å². The maximum atomic E-state index is 12.9. The summed E-state index contributed by atoms with van der Waals surface area (Å²) < 4.78 is 33.9. The number of rotatable bonds is 8. The number of nitrogens with one attached hydrogen (secondary N) is 1. The molecular formula is C25H23N3O3S. The van der Waals surface area contributed by atoms with Crippen molar-refractivity contribution in [3.05, 3.63) is 91.0 Å². The molecule has 0 aliphatic rings. The minimum Gasteiger partial charge on any atom is -0.477 e. The molecule has 4 rings (SSSR count). The molecule has 0 fully saturated rings. The number of hydrogen-bond acceptors (Lipinski definition) is 5. The number of anilines is 1. The van der Waals surface area contributed by atoms with Crippen molar-refractivity contribution in [2.75, 3.05) is 11.3 Å². The summed E-state index contributed by atoms with van der Waals surface area (Å²) in [6.07, 6.45) is 0.889. The van der Waals surface area contributed by atoms with Crippen molar-refractivity contribution in [1.82, 2.24) is 10.2 Å². The van der Waals surface area contributed by atoms with Crippen molar-refractivity contribution in [1.29, 1.82) is 0 Å². The van der Waals surface area contributed by atoms with Crippen LogP contribution in [0.25, 0.3) is 22.4 Å². The van der Waals surface area contributed by atoms with Crippen LogP contribution in [0, 0.1) is 0 Å². The average Bonchev–Trinajstić information content (AvgIpc) is 2.83. The van der Waals surface area contributed by atoms with Crippen LogP contribution in [0.2, 0.25) is 0 Å². The summed E-state index contributed by atoms with van der Waals surface area (Å²) in [6.45, 7) is 2.60. The molecule has 0 saturated heterocycles. The predicted molar refractivity (Wildman–Crippen MR) is 126 cm³/mol. The molecule has 0 bridgehead atoms. The predicted octanol–water partition coefficient (Wildman–Crippen LogP) is 5.40. The van der Waals surface area contributed by atoms with Gasteiger partial charge in [0.05, 0.1) is 17.2 Å². The molecule has 1 aromatic heterocycles. The molecule has 0 aliphatic carbocycles. The first-order valence-electron chi connectivity index (χ1n) is 10.3. The Labute approximate surface area is 188 Å². The Balaban J connectivity index is 1.51. The van der Waals surface area contributed by atoms with E-state index in [2.05, 4.69) is 14.9 Å². The second kappa shape index (κ2) is 9.62. The lowest BCUT2D eigenvalue weighted by molar-refractivity contribution is 0.302. The zero-order chi connectivity index (χ0) is 22.4. The molecule has 7 heteroatoms. The molecule has 0 amide bonds. The maximum absolute atomic E-state index is 12.9. The van der Waals surface area contributed by atoms with Gasteiger partial charge in [-0.1, -0.05) is 61.5 Å². The number of hydrogen-bond donors (Lipinski definition) is 1. The molecule has 32 heavy (non-hydrogen) atoms. The lowest BCUT2D eigenvalue weighted by Crippen LogP contribution is -2.12. The van der Waals surface area contributed by atoms with Crippen LogP contribution in [0.15, 0.2) is 95.9 Å². The summed E-state index contributed by atoms with van der Waals surface area (Å²) in [5.74, 6) is 0.464. The third-order valence-electron chi connectivity index (χ3n) is 4.78. The highest BCUT2D eigenvalue weighted by Gasteiger charge is 2.15. The first kappa shape index (κ1) is 21.5. The lowest BCUT2D eigenvalue weighted by Gasteiger charge is -2.10. The molecule has 0 unspecified atom stereocenters. The van der Waals surface area contributed by atoms with Gasteiger partial charge in [0.2, 0.25) is 5.88 Å². The highest BCUT2D eigenvalue weighted by atomic mass is 32.2. The van der Waals surface area contributed by atoms with E-state index in [9.17, 15) is 8.42 Å². The monoisotopic (exact) mass is 445 g/mol. The number of nitrogens with zero attached hydrogens (tertiary/aromatic N) is 2. The second-order valence-electron chi connectivity index (χ2n) is 7.18. The van der Waals surface area contributed by atoms with Gasteiger partial charge < -0.3 is 4.74 Å². The zero-order valence-corrected chi connectivity index (χ0v) is 18.4. The van der Waals surface area contributed by atoms with Crippen LogP contribution in [0.4, 0.5) is 5.69 Å². The summed E-state index contributed by atoms with van der Waals surface area (Å²) in [5, 5.41) is 8.25. The molecule has 0 atom stereocenters. The van der Waals surface area contributed by atoms with Crippen molar-refractivity contribution in [3.8, 4) is 28.3 Å². The van der Waals surface area contributed by atoms with Gasteiger partial charge in [-0.3, -0.25) is 4.72 Å². The Kier molecular flexibility index (Phi) is 6.47. The Morgan fingerprint density at radius 2 is 1.50 bits per heavy atom. The van der Waals surface area contributed by atoms with Crippen LogP contribution in [-0.4, -0.2) is 25.2 Å². The van der Waals surface area contributed by atoms with Gasteiger partial charge in [0.1, 0.15) is 0 Å². The van der Waals surface area contributed by atoms with Gasteiger partial charge in [-0.25, -0.2) is 8.42 Å². The number of aromatic nitrogens is 2. The van der Waals surface area contributed by atoms with Crippen molar-refractivity contribution in [2.45, 2.75) is 18.2 Å². The van der Waals surface area contributed by atoms with Crippen LogP contribution in [0.3, 0.4) is 0 Å². The van der Waals surface area contributed by atoms with E-state index < -0.39 is 10.0 Å². The first-order valence-corrected chi connectivity index (χ1v) is 11.8. The highest BCUT2D eigenvalue weighted by Crippen LogP contribution is 2.25. The van der Waals surface area contributed by atoms with Crippen LogP contribution in [0.1, 0.15) is 13.3 Å². The molecule has 3 aromatic carbocycles. The van der Waals surface area contributed by atoms with Crippen molar-refractivity contribution in [3.63, 3.8) is 0 Å². The highest BCUT2D eigenvalue weighted by molar-refractivity contribution is 7.92. The summed E-state index contributed by atoms with van der Waals surface area (Å²) in [4.78, 5) is 0.194. The quantitative estimate of drug-likeness (QED) is 0.393. The molecule has 6 nitrogen and oxygen atoms in total. The fourth-order valence-electron chi connectivity index (χ4n) is 3.17. The SMILES string of the molecule is CCCOc1ccc(-c2cccc(NS(=O)(=O)c3ccc(-c4ccccc4)cc3)c2)nn1. The lowest BCUT2D eigenvalue weighted by atomic mass is 10.1. The molecule has 0 saturated carbocycles. The van der Waals surface area contributed by atoms with Gasteiger partial charge in [0.25, 0.3) is 10.0 Å². The average molecular weight is 446 g/mol. The van der Waals surface area contributed by atoms with Gasteiger partial charge in [-0.15, -0.1) is 10.2 Å². The molecule has 1 heterocycles. The van der Waals surface area contributed by atoms with Crippen molar-refractivity contribution < 1.29 is 13.2 Å². The van der Waals surface area contributed by atoms with Gasteiger partial charge in [0.15, 0.2) is 0 Å². The van der Waals surface area contributed by atoms with Crippen molar-refractivity contribution in [2.24, 2.45) is 0 Å². The molecule has 0 radical (unpaired) electrons. The van der Waals surface area contributed by atoms with E-state index in [4.69, 9.17) is 4.74 Å². The Bertz CT molecular complexity index is 1270. The topological polar surface area (TPSA) is 81.2 Å². The molecule has 162 valence electrons. The van der Waals surface area contributed by atoms with E-state index in [0.29, 0.717) is 23.9 Å². The summed E-state index contributed by atoms with van der Waals surface area (Å²) in [6, 6.07) is 27.2. The third kappa shape index (κ3) is 5.12. The van der Waals surface area contributed by atoms with Crippen molar-refractivity contribution >= 4 is 15.7 Å². The van der Waals surface area contributed by atoms with E-state index in [-0.39, 0.29) is 4.90 Å². The van der Waals surface area contributed by atoms with Crippen LogP contribution < -0.4 is 9.46 Å². The van der Waals surface area contributed by atoms with Crippen LogP contribution >= 0.6 is 0 Å². The van der Waals surface area contributed by atoms with Gasteiger partial charge in [-0.2, -0.15) is 0 Å². The van der Waals surface area contributed by atoms with E-state index in [1.165, 1.54) is 0 Å². The first-order chi connectivity index (χ1) is 15.5. The van der Waals surface area contributed by atoms with E-state index in [1.54, 1.807) is 54.6 Å². The molecule has 4 aromatic rings. The Hall–Kier alpha value is -3.71. The number of ether oxygens (including phenoxy) is 1. The Morgan fingerprint density at radius 3 is 2.19 bits per heavy atom. The van der Waals surface area contributed by atoms with Crippen LogP contribution in [-0.2, 0) is 10.0 Å². The van der Waals surface area contributed by atoms with E-state index in [1.807, 2.05) is 43.3 Å². The van der Waals surface area contributed by atoms with Gasteiger partial charge in [-0.05, 0) is 47.9 Å². The van der Waals surface area contributed by atoms with Crippen LogP contribution in [0.5, 0.6) is 5.88 Å². The largest absolute Gasteiger partial charge is 0.477 e. The maximum Gasteiger partial charge on any atom is 0.261 e. The minimum atomic E-state index is -3.73. The summed E-state index contributed by atoms with van der Waals surface area (Å²) in [5.41, 5.74) is 3.81. The standard InChI is InChI=1S/C25H23N3O3S/c1-2-17-31-25-16-15-24(26-27-25)21-9-6-10-22(18-21)28-32(29,30)23-13-11-20(12-14-23)19-7-4-3-5-8-19/h3-16,18,28H,2,17H2,1H3. The second-order valence-corrected chi connectivity index (χ2v) is 8.86. The van der Waals surface area contributed by atoms with Gasteiger partial charge >= 0.3 is 0 Å². The summed E-state index contributed by atoms with van der Waals surface area (Å²) in [7, 11) is -3.73. The van der Waals surface area contributed by atoms with E-state index >= 15 is 0 Å². The smallest absolute Gasteiger partial charge is 0.261 e. The molecule has 0 aliphatic heterocycles. The molecule has 0 spiro atoms. The minimum absolute atomic E-state index is 0.194. The third-order valence-corrected chi connectivity index (χ3v) is 6.17.